The van der Waals surface area contributed by atoms with Crippen molar-refractivity contribution < 1.29 is 47.8 Å². The van der Waals surface area contributed by atoms with Gasteiger partial charge in [-0.05, 0) is 12.8 Å². The van der Waals surface area contributed by atoms with Gasteiger partial charge in [-0.2, -0.15) is 0 Å². The Kier molecular flexibility index (Phi) is 41.3. The number of carbonyl (C=O) groups is 2. The van der Waals surface area contributed by atoms with Gasteiger partial charge in [-0.25, -0.2) is 4.57 Å². The van der Waals surface area contributed by atoms with Crippen LogP contribution < -0.4 is 0 Å². The minimum Gasteiger partial charge on any atom is -0.462 e. The van der Waals surface area contributed by atoms with E-state index >= 15 is 0 Å². The lowest BCUT2D eigenvalue weighted by molar-refractivity contribution is -0.161. The third-order valence-electron chi connectivity index (χ3n) is 10.5. The summed E-state index contributed by atoms with van der Waals surface area (Å²) in [5.74, 6) is -0.906. The van der Waals surface area contributed by atoms with Crippen molar-refractivity contribution in [3.63, 3.8) is 0 Å². The van der Waals surface area contributed by atoms with Crippen LogP contribution >= 0.6 is 7.82 Å². The molecule has 0 saturated heterocycles. The fraction of sp³-hybridized carbons (Fsp3) is 0.956. The number of unbranched alkanes of at least 4 members (excludes halogenated alkanes) is 31. The number of rotatable bonds is 45. The van der Waals surface area contributed by atoms with Crippen molar-refractivity contribution in [1.82, 2.24) is 0 Å². The molecule has 0 aromatic carbocycles. The molecule has 0 aliphatic carbocycles. The molecule has 0 fully saturated rings. The summed E-state index contributed by atoms with van der Waals surface area (Å²) in [6, 6.07) is 0. The summed E-state index contributed by atoms with van der Waals surface area (Å²) in [7, 11) is -4.61. The van der Waals surface area contributed by atoms with Crippen LogP contribution in [0, 0.1) is 0 Å². The Morgan fingerprint density at radius 3 is 1.11 bits per heavy atom. The number of phosphoric ester groups is 1. The van der Waals surface area contributed by atoms with Crippen LogP contribution in [0.3, 0.4) is 0 Å². The summed E-state index contributed by atoms with van der Waals surface area (Å²) in [5.41, 5.74) is 0. The van der Waals surface area contributed by atoms with Crippen LogP contribution in [0.25, 0.3) is 0 Å². The monoisotopic (exact) mass is 821 g/mol. The Balaban J connectivity index is 4.19. The van der Waals surface area contributed by atoms with E-state index in [-0.39, 0.29) is 19.4 Å². The molecule has 3 atom stereocenters. The smallest absolute Gasteiger partial charge is 0.462 e. The minimum atomic E-state index is -4.61. The lowest BCUT2D eigenvalue weighted by Gasteiger charge is -2.20. The van der Waals surface area contributed by atoms with E-state index in [4.69, 9.17) is 23.6 Å². The van der Waals surface area contributed by atoms with Crippen LogP contribution in [0.4, 0.5) is 0 Å². The van der Waals surface area contributed by atoms with Crippen molar-refractivity contribution in [2.45, 2.75) is 251 Å². The predicted octanol–water partition coefficient (Wildman–Crippen LogP) is 12.6. The molecular weight excluding hydrogens is 731 g/mol. The molecule has 0 amide bonds. The lowest BCUT2D eigenvalue weighted by Crippen LogP contribution is -2.29. The van der Waals surface area contributed by atoms with E-state index in [2.05, 4.69) is 13.8 Å². The number of hydrogen-bond acceptors (Lipinski definition) is 9. The Hall–Kier alpha value is -1.03. The topological polar surface area (TPSA) is 149 Å². The molecule has 0 aliphatic heterocycles. The van der Waals surface area contributed by atoms with Gasteiger partial charge in [-0.1, -0.05) is 213 Å². The van der Waals surface area contributed by atoms with Crippen LogP contribution in [0.2, 0.25) is 0 Å². The highest BCUT2D eigenvalue weighted by molar-refractivity contribution is 7.47. The average molecular weight is 821 g/mol. The van der Waals surface area contributed by atoms with E-state index in [0.29, 0.717) is 12.8 Å². The molecular formula is C45H89O10P. The number of esters is 2. The van der Waals surface area contributed by atoms with Gasteiger partial charge in [-0.15, -0.1) is 0 Å². The second-order valence-electron chi connectivity index (χ2n) is 16.2. The van der Waals surface area contributed by atoms with Gasteiger partial charge in [-0.3, -0.25) is 18.6 Å². The number of phosphoric acid groups is 1. The van der Waals surface area contributed by atoms with Gasteiger partial charge in [0.15, 0.2) is 6.10 Å². The minimum absolute atomic E-state index is 0.193. The Morgan fingerprint density at radius 1 is 0.464 bits per heavy atom. The van der Waals surface area contributed by atoms with E-state index in [0.717, 1.165) is 32.1 Å². The molecule has 3 N–H and O–H groups in total. The molecule has 0 heterocycles. The largest absolute Gasteiger partial charge is 0.472 e. The molecule has 0 aromatic heterocycles. The normalized spacial score (nSPS) is 13.7. The molecule has 0 aliphatic rings. The molecule has 11 heteroatoms. The molecule has 0 spiro atoms. The van der Waals surface area contributed by atoms with Crippen molar-refractivity contribution in [3.8, 4) is 0 Å². The molecule has 0 saturated carbocycles. The van der Waals surface area contributed by atoms with E-state index < -0.39 is 51.8 Å². The highest BCUT2D eigenvalue weighted by atomic mass is 31.2. The zero-order chi connectivity index (χ0) is 41.2. The van der Waals surface area contributed by atoms with Gasteiger partial charge >= 0.3 is 19.8 Å². The number of aliphatic hydroxyl groups is 2. The van der Waals surface area contributed by atoms with Gasteiger partial charge in [0.05, 0.1) is 19.8 Å². The molecule has 0 rings (SSSR count). The first-order chi connectivity index (χ1) is 27.2. The Morgan fingerprint density at radius 2 is 0.768 bits per heavy atom. The van der Waals surface area contributed by atoms with E-state index in [1.54, 1.807) is 0 Å². The maximum absolute atomic E-state index is 12.6. The first-order valence-electron chi connectivity index (χ1n) is 23.5. The average Bonchev–Trinajstić information content (AvgIpc) is 3.19. The van der Waals surface area contributed by atoms with Crippen molar-refractivity contribution in [3.05, 3.63) is 0 Å². The maximum atomic E-state index is 12.6. The summed E-state index contributed by atoms with van der Waals surface area (Å²) in [5, 5.41) is 18.4. The first kappa shape index (κ1) is 55.0. The van der Waals surface area contributed by atoms with Gasteiger partial charge in [0, 0.05) is 12.8 Å². The molecule has 56 heavy (non-hydrogen) atoms. The zero-order valence-electron chi connectivity index (χ0n) is 36.4. The van der Waals surface area contributed by atoms with E-state index in [1.165, 1.54) is 167 Å². The third kappa shape index (κ3) is 41.1. The second kappa shape index (κ2) is 42.1. The molecule has 0 radical (unpaired) electrons. The summed E-state index contributed by atoms with van der Waals surface area (Å²) < 4.78 is 32.8. The lowest BCUT2D eigenvalue weighted by atomic mass is 10.0. The molecule has 3 unspecified atom stereocenters. The Labute approximate surface area is 344 Å². The molecule has 0 aromatic rings. The highest BCUT2D eigenvalue weighted by Crippen LogP contribution is 2.43. The number of carbonyl (C=O) groups excluding carboxylic acids is 2. The SMILES string of the molecule is CCCCCCCCCCCCCCCCCCCC(=O)OC(COC(=O)CCCCCCCCCCCCCCCCCC)COP(=O)(O)OCC(O)CO. The van der Waals surface area contributed by atoms with Crippen LogP contribution in [-0.4, -0.2) is 65.7 Å². The maximum Gasteiger partial charge on any atom is 0.472 e. The number of ether oxygens (including phenoxy) is 2. The summed E-state index contributed by atoms with van der Waals surface area (Å²) >= 11 is 0. The van der Waals surface area contributed by atoms with Gasteiger partial charge < -0.3 is 24.6 Å². The van der Waals surface area contributed by atoms with Crippen molar-refractivity contribution in [1.29, 1.82) is 0 Å². The standard InChI is InChI=1S/C45H89O10P/c1-3-5-7-9-11-13-15-17-19-21-23-25-27-29-31-33-35-37-45(49)55-43(41-54-56(50,51)53-39-42(47)38-46)40-52-44(48)36-34-32-30-28-26-24-22-20-18-16-14-12-10-8-6-4-2/h42-43,46-47H,3-41H2,1-2H3,(H,50,51). The molecule has 334 valence electrons. The summed E-state index contributed by atoms with van der Waals surface area (Å²) in [6.07, 6.45) is 39.2. The van der Waals surface area contributed by atoms with Crippen molar-refractivity contribution in [2.24, 2.45) is 0 Å². The fourth-order valence-electron chi connectivity index (χ4n) is 6.88. The second-order valence-corrected chi connectivity index (χ2v) is 17.6. The quantitative estimate of drug-likeness (QED) is 0.0308. The molecule has 10 nitrogen and oxygen atoms in total. The van der Waals surface area contributed by atoms with Crippen molar-refractivity contribution in [2.75, 3.05) is 26.4 Å². The Bertz CT molecular complexity index is 904. The van der Waals surface area contributed by atoms with Gasteiger partial charge in [0.25, 0.3) is 0 Å². The predicted molar refractivity (Wildman–Crippen MR) is 229 cm³/mol. The fourth-order valence-corrected chi connectivity index (χ4v) is 7.67. The van der Waals surface area contributed by atoms with Gasteiger partial charge in [0.2, 0.25) is 0 Å². The van der Waals surface area contributed by atoms with Crippen LogP contribution in [0.15, 0.2) is 0 Å². The van der Waals surface area contributed by atoms with Crippen molar-refractivity contribution >= 4 is 19.8 Å². The van der Waals surface area contributed by atoms with E-state index in [1.807, 2.05) is 0 Å². The van der Waals surface area contributed by atoms with E-state index in [9.17, 15) is 24.2 Å². The summed E-state index contributed by atoms with van der Waals surface area (Å²) in [6.45, 7) is 2.44. The third-order valence-corrected chi connectivity index (χ3v) is 11.5. The molecule has 0 bridgehead atoms. The zero-order valence-corrected chi connectivity index (χ0v) is 37.3. The van der Waals surface area contributed by atoms with Gasteiger partial charge in [0.1, 0.15) is 12.7 Å². The first-order valence-corrected chi connectivity index (χ1v) is 25.0. The van der Waals surface area contributed by atoms with Crippen LogP contribution in [-0.2, 0) is 32.7 Å². The number of hydrogen-bond donors (Lipinski definition) is 3. The van der Waals surface area contributed by atoms with Crippen LogP contribution in [0.5, 0.6) is 0 Å². The van der Waals surface area contributed by atoms with Crippen LogP contribution in [0.1, 0.15) is 239 Å². The number of aliphatic hydroxyl groups excluding tert-OH is 2. The highest BCUT2D eigenvalue weighted by Gasteiger charge is 2.27. The summed E-state index contributed by atoms with van der Waals surface area (Å²) in [4.78, 5) is 35.1.